The Balaban J connectivity index is 1.71. The highest BCUT2D eigenvalue weighted by atomic mass is 16.7. The number of carbonyl (C=O) groups is 1. The molecule has 1 aromatic carbocycles. The second kappa shape index (κ2) is 7.90. The number of fused-ring (bicyclic) bond motifs is 1. The lowest BCUT2D eigenvalue weighted by atomic mass is 10.2. The van der Waals surface area contributed by atoms with Crippen LogP contribution in [0.5, 0.6) is 11.5 Å². The molecule has 0 saturated heterocycles. The van der Waals surface area contributed by atoms with Gasteiger partial charge in [0.25, 0.3) is 5.95 Å². The lowest BCUT2D eigenvalue weighted by Gasteiger charge is -2.20. The molecule has 1 aliphatic rings. The van der Waals surface area contributed by atoms with Gasteiger partial charge in [0.1, 0.15) is 5.56 Å². The van der Waals surface area contributed by atoms with E-state index < -0.39 is 11.8 Å². The molecular weight excluding hydrogens is 398 g/mol. The third kappa shape index (κ3) is 4.03. The largest absolute Gasteiger partial charge is 0.462 e. The summed E-state index contributed by atoms with van der Waals surface area (Å²) in [5, 5.41) is 7.62. The molecule has 3 aromatic rings. The average Bonchev–Trinajstić information content (AvgIpc) is 3.25. The van der Waals surface area contributed by atoms with Crippen LogP contribution in [-0.4, -0.2) is 38.1 Å². The zero-order valence-corrected chi connectivity index (χ0v) is 18.2. The minimum atomic E-state index is -0.686. The van der Waals surface area contributed by atoms with Gasteiger partial charge in [-0.1, -0.05) is 6.92 Å². The van der Waals surface area contributed by atoms with Crippen molar-refractivity contribution in [2.45, 2.75) is 46.8 Å². The quantitative estimate of drug-likeness (QED) is 0.592. The number of hydrogen-bond donors (Lipinski definition) is 1. The van der Waals surface area contributed by atoms with Crippen LogP contribution in [-0.2, 0) is 4.74 Å². The topological polar surface area (TPSA) is 100 Å². The number of anilines is 2. The highest BCUT2D eigenvalue weighted by molar-refractivity contribution is 5.95. The van der Waals surface area contributed by atoms with Crippen LogP contribution in [0, 0.1) is 13.8 Å². The third-order valence-corrected chi connectivity index (χ3v) is 4.97. The highest BCUT2D eigenvalue weighted by Gasteiger charge is 2.35. The fourth-order valence-corrected chi connectivity index (χ4v) is 3.28. The van der Waals surface area contributed by atoms with E-state index in [0.29, 0.717) is 35.4 Å². The monoisotopic (exact) mass is 423 g/mol. The molecule has 31 heavy (non-hydrogen) atoms. The Bertz CT molecular complexity index is 1140. The number of rotatable bonds is 6. The first kappa shape index (κ1) is 20.6. The van der Waals surface area contributed by atoms with Gasteiger partial charge in [0.05, 0.1) is 12.3 Å². The summed E-state index contributed by atoms with van der Waals surface area (Å²) in [5.74, 6) is 0.762. The van der Waals surface area contributed by atoms with Crippen LogP contribution in [0.15, 0.2) is 30.5 Å². The van der Waals surface area contributed by atoms with Crippen LogP contribution >= 0.6 is 0 Å². The number of esters is 1. The number of hydrogen-bond acceptors (Lipinski definition) is 8. The fraction of sp³-hybridized carbons (Fsp3) is 0.364. The van der Waals surface area contributed by atoms with Crippen LogP contribution in [0.3, 0.4) is 0 Å². The maximum atomic E-state index is 12.5. The number of ether oxygens (including phenoxy) is 3. The molecule has 1 atom stereocenters. The van der Waals surface area contributed by atoms with Crippen LogP contribution in [0.25, 0.3) is 5.95 Å². The fourth-order valence-electron chi connectivity index (χ4n) is 3.28. The van der Waals surface area contributed by atoms with Gasteiger partial charge >= 0.3 is 5.97 Å². The summed E-state index contributed by atoms with van der Waals surface area (Å²) in [6, 6.07) is 7.41. The van der Waals surface area contributed by atoms with E-state index in [-0.39, 0.29) is 12.2 Å². The van der Waals surface area contributed by atoms with Gasteiger partial charge in [0.15, 0.2) is 17.3 Å². The molecule has 0 aliphatic carbocycles. The van der Waals surface area contributed by atoms with E-state index in [0.717, 1.165) is 11.4 Å². The molecule has 2 aromatic heterocycles. The van der Waals surface area contributed by atoms with Gasteiger partial charge in [-0.15, -0.1) is 0 Å². The van der Waals surface area contributed by atoms with Gasteiger partial charge in [0.2, 0.25) is 5.79 Å². The molecule has 9 heteroatoms. The molecule has 0 amide bonds. The summed E-state index contributed by atoms with van der Waals surface area (Å²) in [5.41, 5.74) is 2.64. The van der Waals surface area contributed by atoms with Crippen LogP contribution in [0.1, 0.15) is 48.9 Å². The van der Waals surface area contributed by atoms with E-state index >= 15 is 0 Å². The van der Waals surface area contributed by atoms with Gasteiger partial charge in [0, 0.05) is 37.0 Å². The predicted molar refractivity (Wildman–Crippen MR) is 114 cm³/mol. The molecule has 0 bridgehead atoms. The average molecular weight is 423 g/mol. The molecule has 1 N–H and O–H groups in total. The lowest BCUT2D eigenvalue weighted by molar-refractivity contribution is -0.0640. The van der Waals surface area contributed by atoms with Gasteiger partial charge in [-0.2, -0.15) is 10.1 Å². The van der Waals surface area contributed by atoms with Crippen molar-refractivity contribution in [2.24, 2.45) is 0 Å². The third-order valence-electron chi connectivity index (χ3n) is 4.97. The first-order chi connectivity index (χ1) is 14.8. The Hall–Kier alpha value is -3.62. The van der Waals surface area contributed by atoms with Crippen molar-refractivity contribution in [2.75, 3.05) is 11.9 Å². The zero-order chi connectivity index (χ0) is 22.2. The summed E-state index contributed by atoms with van der Waals surface area (Å²) in [6.07, 6.45) is 2.15. The Kier molecular flexibility index (Phi) is 5.26. The molecule has 0 radical (unpaired) electrons. The molecule has 162 valence electrons. The van der Waals surface area contributed by atoms with Crippen molar-refractivity contribution < 1.29 is 19.0 Å². The number of carbonyl (C=O) groups excluding carboxylic acids is 1. The molecular formula is C22H25N5O4. The normalized spacial score (nSPS) is 16.9. The minimum Gasteiger partial charge on any atom is -0.462 e. The van der Waals surface area contributed by atoms with Crippen molar-refractivity contribution >= 4 is 17.5 Å². The molecule has 3 heterocycles. The SMILES string of the molecule is CCOC(=O)c1cnc(-n2nc(C)cc2C)nc1Nc1ccc2c(c1)OC(C)(CC)O2. The van der Waals surface area contributed by atoms with Crippen molar-refractivity contribution in [3.8, 4) is 17.4 Å². The summed E-state index contributed by atoms with van der Waals surface area (Å²) in [6.45, 7) is 9.70. The van der Waals surface area contributed by atoms with E-state index in [4.69, 9.17) is 14.2 Å². The van der Waals surface area contributed by atoms with Crippen LogP contribution in [0.4, 0.5) is 11.5 Å². The number of nitrogens with zero attached hydrogens (tertiary/aromatic N) is 4. The maximum Gasteiger partial charge on any atom is 0.343 e. The predicted octanol–water partition coefficient (Wildman–Crippen LogP) is 4.10. The van der Waals surface area contributed by atoms with Crippen LogP contribution < -0.4 is 14.8 Å². The van der Waals surface area contributed by atoms with E-state index in [1.54, 1.807) is 11.6 Å². The van der Waals surface area contributed by atoms with Crippen molar-refractivity contribution in [1.82, 2.24) is 19.7 Å². The standard InChI is InChI=1S/C22H25N5O4/c1-6-22(5)30-17-9-8-15(11-18(17)31-22)24-19-16(20(28)29-7-2)12-23-21(25-19)27-14(4)10-13(3)26-27/h8-12H,6-7H2,1-5H3,(H,23,24,25). The molecule has 4 rings (SSSR count). The van der Waals surface area contributed by atoms with Crippen LogP contribution in [0.2, 0.25) is 0 Å². The molecule has 0 fully saturated rings. The smallest absolute Gasteiger partial charge is 0.343 e. The molecule has 1 unspecified atom stereocenters. The maximum absolute atomic E-state index is 12.5. The van der Waals surface area contributed by atoms with E-state index in [2.05, 4.69) is 20.4 Å². The van der Waals surface area contributed by atoms with E-state index in [9.17, 15) is 4.79 Å². The van der Waals surface area contributed by atoms with Gasteiger partial charge < -0.3 is 19.5 Å². The summed E-state index contributed by atoms with van der Waals surface area (Å²) in [4.78, 5) is 21.4. The Morgan fingerprint density at radius 1 is 1.19 bits per heavy atom. The second-order valence-corrected chi connectivity index (χ2v) is 7.47. The number of aryl methyl sites for hydroxylation is 2. The number of aromatic nitrogens is 4. The molecule has 1 aliphatic heterocycles. The number of benzene rings is 1. The Labute approximate surface area is 180 Å². The zero-order valence-electron chi connectivity index (χ0n) is 18.2. The van der Waals surface area contributed by atoms with Crippen molar-refractivity contribution in [3.05, 3.63) is 47.4 Å². The Morgan fingerprint density at radius 3 is 2.65 bits per heavy atom. The highest BCUT2D eigenvalue weighted by Crippen LogP contribution is 2.42. The second-order valence-electron chi connectivity index (χ2n) is 7.47. The number of nitrogens with one attached hydrogen (secondary N) is 1. The van der Waals surface area contributed by atoms with Gasteiger partial charge in [-0.05, 0) is 39.0 Å². The van der Waals surface area contributed by atoms with Gasteiger partial charge in [-0.25, -0.2) is 14.5 Å². The van der Waals surface area contributed by atoms with E-state index in [1.165, 1.54) is 6.20 Å². The minimum absolute atomic E-state index is 0.225. The summed E-state index contributed by atoms with van der Waals surface area (Å²) < 4.78 is 18.6. The Morgan fingerprint density at radius 2 is 1.97 bits per heavy atom. The van der Waals surface area contributed by atoms with Crippen molar-refractivity contribution in [3.63, 3.8) is 0 Å². The first-order valence-electron chi connectivity index (χ1n) is 10.2. The molecule has 9 nitrogen and oxygen atoms in total. The molecule has 0 spiro atoms. The van der Waals surface area contributed by atoms with Crippen molar-refractivity contribution in [1.29, 1.82) is 0 Å². The van der Waals surface area contributed by atoms with E-state index in [1.807, 2.05) is 52.0 Å². The molecule has 0 saturated carbocycles. The lowest BCUT2D eigenvalue weighted by Crippen LogP contribution is -2.33. The summed E-state index contributed by atoms with van der Waals surface area (Å²) >= 11 is 0. The summed E-state index contributed by atoms with van der Waals surface area (Å²) in [7, 11) is 0. The first-order valence-corrected chi connectivity index (χ1v) is 10.2. The van der Waals surface area contributed by atoms with Gasteiger partial charge in [-0.3, -0.25) is 0 Å².